The topological polar surface area (TPSA) is 154 Å². The molecule has 0 fully saturated rings. The summed E-state index contributed by atoms with van der Waals surface area (Å²) in [6.07, 6.45) is 1.38. The monoisotopic (exact) mass is 444 g/mol. The van der Waals surface area contributed by atoms with Crippen LogP contribution in [0.5, 0.6) is 5.88 Å². The number of sulfonamides is 1. The number of hydrogen-bond donors (Lipinski definition) is 2. The number of benzene rings is 1. The summed E-state index contributed by atoms with van der Waals surface area (Å²) in [7, 11) is -5.77. The van der Waals surface area contributed by atoms with Gasteiger partial charge in [-0.15, -0.1) is 0 Å². The van der Waals surface area contributed by atoms with Gasteiger partial charge in [-0.1, -0.05) is 12.1 Å². The van der Waals surface area contributed by atoms with Gasteiger partial charge in [0.05, 0.1) is 24.4 Å². The van der Waals surface area contributed by atoms with Gasteiger partial charge in [-0.05, 0) is 19.1 Å². The average molecular weight is 444 g/mol. The number of methoxy groups -OCH3 is 2. The van der Waals surface area contributed by atoms with E-state index in [1.807, 2.05) is 0 Å². The maximum absolute atomic E-state index is 12.6. The molecule has 13 heteroatoms. The summed E-state index contributed by atoms with van der Waals surface area (Å²) < 4.78 is 61.6. The predicted octanol–water partition coefficient (Wildman–Crippen LogP) is 0.724. The molecule has 2 rings (SSSR count). The largest absolute Gasteiger partial charge is 0.481 e. The fraction of sp³-hybridized carbons (Fsp3) is 0.312. The van der Waals surface area contributed by atoms with Gasteiger partial charge in [0.15, 0.2) is 9.84 Å². The number of amides is 2. The summed E-state index contributed by atoms with van der Waals surface area (Å²) in [6, 6.07) is 3.78. The third-order valence-electron chi connectivity index (χ3n) is 3.60. The van der Waals surface area contributed by atoms with E-state index in [1.165, 1.54) is 32.5 Å². The molecule has 0 bridgehead atoms. The quantitative estimate of drug-likeness (QED) is 0.599. The first-order valence-corrected chi connectivity index (χ1v) is 11.3. The molecule has 29 heavy (non-hydrogen) atoms. The highest BCUT2D eigenvalue weighted by atomic mass is 32.2. The van der Waals surface area contributed by atoms with E-state index >= 15 is 0 Å². The molecule has 2 N–H and O–H groups in total. The number of ether oxygens (including phenoxy) is 2. The first-order chi connectivity index (χ1) is 13.6. The minimum Gasteiger partial charge on any atom is -0.481 e. The minimum absolute atomic E-state index is 0.114. The molecule has 0 aliphatic rings. The molecule has 0 saturated heterocycles. The number of hydrogen-bond acceptors (Lipinski definition) is 9. The first kappa shape index (κ1) is 22.5. The predicted molar refractivity (Wildman–Crippen MR) is 103 cm³/mol. The molecule has 0 unspecified atom stereocenters. The molecular weight excluding hydrogens is 424 g/mol. The lowest BCUT2D eigenvalue weighted by molar-refractivity contribution is 0.217. The number of nitrogens with zero attached hydrogens (tertiary/aromatic N) is 2. The van der Waals surface area contributed by atoms with Gasteiger partial charge in [-0.3, -0.25) is 5.32 Å². The molecule has 0 spiro atoms. The van der Waals surface area contributed by atoms with E-state index in [2.05, 4.69) is 15.3 Å². The second kappa shape index (κ2) is 9.15. The van der Waals surface area contributed by atoms with Gasteiger partial charge in [-0.2, -0.15) is 4.98 Å². The fourth-order valence-corrected chi connectivity index (χ4v) is 5.20. The number of nitrogens with one attached hydrogen (secondary N) is 2. The normalized spacial score (nSPS) is 11.7. The van der Waals surface area contributed by atoms with E-state index in [4.69, 9.17) is 9.47 Å². The van der Waals surface area contributed by atoms with Crippen molar-refractivity contribution in [1.82, 2.24) is 14.7 Å². The third kappa shape index (κ3) is 5.62. The molecule has 2 aromatic rings. The van der Waals surface area contributed by atoms with Crippen molar-refractivity contribution in [2.24, 2.45) is 0 Å². The molecule has 1 aromatic carbocycles. The highest BCUT2D eigenvalue weighted by Gasteiger charge is 2.27. The molecule has 158 valence electrons. The second-order valence-electron chi connectivity index (χ2n) is 5.70. The second-order valence-corrected chi connectivity index (χ2v) is 9.43. The number of carbonyl (C=O) groups is 1. The third-order valence-corrected chi connectivity index (χ3v) is 6.85. The highest BCUT2D eigenvalue weighted by Crippen LogP contribution is 2.22. The zero-order valence-corrected chi connectivity index (χ0v) is 17.5. The van der Waals surface area contributed by atoms with Crippen LogP contribution < -0.4 is 14.8 Å². The first-order valence-electron chi connectivity index (χ1n) is 8.13. The van der Waals surface area contributed by atoms with Crippen molar-refractivity contribution in [3.63, 3.8) is 0 Å². The van der Waals surface area contributed by atoms with Crippen LogP contribution in [0.3, 0.4) is 0 Å². The number of aryl methyl sites for hydroxylation is 1. The van der Waals surface area contributed by atoms with E-state index in [0.29, 0.717) is 5.56 Å². The van der Waals surface area contributed by atoms with Crippen LogP contribution in [0.2, 0.25) is 0 Å². The van der Waals surface area contributed by atoms with Crippen LogP contribution in [0.1, 0.15) is 5.56 Å². The van der Waals surface area contributed by atoms with Crippen molar-refractivity contribution < 1.29 is 31.1 Å². The Kier molecular flexibility index (Phi) is 7.11. The molecule has 1 aromatic heterocycles. The summed E-state index contributed by atoms with van der Waals surface area (Å²) in [5.74, 6) is -0.409. The van der Waals surface area contributed by atoms with E-state index < -0.39 is 41.4 Å². The fourth-order valence-electron chi connectivity index (χ4n) is 2.23. The Labute approximate surface area is 168 Å². The standard InChI is InChI=1S/C16H20N4O7S2/c1-11-10-17-15(18-14(11)27-3)19-16(21)20-29(24,25)13-7-5-4-6-12(13)28(22,23)9-8-26-2/h4-7,10H,8-9H2,1-3H3,(H2,17,18,19,20,21). The Morgan fingerprint density at radius 1 is 1.10 bits per heavy atom. The van der Waals surface area contributed by atoms with Crippen LogP contribution in [-0.2, 0) is 24.6 Å². The molecule has 1 heterocycles. The average Bonchev–Trinajstić information content (AvgIpc) is 2.67. The molecule has 2 amide bonds. The van der Waals surface area contributed by atoms with Crippen molar-refractivity contribution >= 4 is 31.8 Å². The molecule has 0 aliphatic heterocycles. The van der Waals surface area contributed by atoms with Crippen molar-refractivity contribution in [3.05, 3.63) is 36.0 Å². The van der Waals surface area contributed by atoms with Gasteiger partial charge in [0, 0.05) is 18.9 Å². The molecule has 0 radical (unpaired) electrons. The van der Waals surface area contributed by atoms with Crippen LogP contribution in [0.15, 0.2) is 40.3 Å². The molecule has 0 saturated carbocycles. The molecule has 0 atom stereocenters. The Hall–Kier alpha value is -2.77. The number of rotatable bonds is 8. The Balaban J connectivity index is 2.27. The van der Waals surface area contributed by atoms with E-state index in [0.717, 1.165) is 12.1 Å². The van der Waals surface area contributed by atoms with E-state index in [-0.39, 0.29) is 18.4 Å². The van der Waals surface area contributed by atoms with Gasteiger partial charge in [-0.25, -0.2) is 31.3 Å². The van der Waals surface area contributed by atoms with Crippen molar-refractivity contribution in [3.8, 4) is 5.88 Å². The van der Waals surface area contributed by atoms with Gasteiger partial charge in [0.1, 0.15) is 4.90 Å². The lowest BCUT2D eigenvalue weighted by Crippen LogP contribution is -2.35. The lowest BCUT2D eigenvalue weighted by Gasteiger charge is -2.12. The summed E-state index contributed by atoms with van der Waals surface area (Å²) in [4.78, 5) is 18.9. The number of sulfone groups is 1. The summed E-state index contributed by atoms with van der Waals surface area (Å²) >= 11 is 0. The van der Waals surface area contributed by atoms with Gasteiger partial charge < -0.3 is 9.47 Å². The van der Waals surface area contributed by atoms with E-state index in [1.54, 1.807) is 11.6 Å². The SMILES string of the molecule is COCCS(=O)(=O)c1ccccc1S(=O)(=O)NC(=O)Nc1ncc(C)c(OC)n1. The van der Waals surface area contributed by atoms with Crippen LogP contribution >= 0.6 is 0 Å². The van der Waals surface area contributed by atoms with Gasteiger partial charge in [0.25, 0.3) is 10.0 Å². The van der Waals surface area contributed by atoms with Crippen LogP contribution in [0, 0.1) is 6.92 Å². The summed E-state index contributed by atoms with van der Waals surface area (Å²) in [5, 5.41) is 2.16. The number of anilines is 1. The van der Waals surface area contributed by atoms with Crippen molar-refractivity contribution in [2.45, 2.75) is 16.7 Å². The Morgan fingerprint density at radius 3 is 2.38 bits per heavy atom. The zero-order valence-electron chi connectivity index (χ0n) is 15.9. The van der Waals surface area contributed by atoms with Crippen molar-refractivity contribution in [2.75, 3.05) is 31.9 Å². The number of aromatic nitrogens is 2. The molecular formula is C16H20N4O7S2. The number of urea groups is 1. The highest BCUT2D eigenvalue weighted by molar-refractivity contribution is 7.94. The summed E-state index contributed by atoms with van der Waals surface area (Å²) in [6.45, 7) is 1.57. The maximum atomic E-state index is 12.6. The van der Waals surface area contributed by atoms with Crippen LogP contribution in [-0.4, -0.2) is 59.4 Å². The van der Waals surface area contributed by atoms with Gasteiger partial charge in [0.2, 0.25) is 11.8 Å². The zero-order chi connectivity index (χ0) is 21.7. The van der Waals surface area contributed by atoms with Gasteiger partial charge >= 0.3 is 6.03 Å². The maximum Gasteiger partial charge on any atom is 0.335 e. The Bertz CT molecular complexity index is 1100. The smallest absolute Gasteiger partial charge is 0.335 e. The Morgan fingerprint density at radius 2 is 1.76 bits per heavy atom. The summed E-state index contributed by atoms with van der Waals surface area (Å²) in [5.41, 5.74) is 0.612. The van der Waals surface area contributed by atoms with Crippen LogP contribution in [0.25, 0.3) is 0 Å². The number of carbonyl (C=O) groups excluding carboxylic acids is 1. The lowest BCUT2D eigenvalue weighted by atomic mass is 10.4. The van der Waals surface area contributed by atoms with Crippen molar-refractivity contribution in [1.29, 1.82) is 0 Å². The molecule has 0 aliphatic carbocycles. The minimum atomic E-state index is -4.51. The van der Waals surface area contributed by atoms with E-state index in [9.17, 15) is 21.6 Å². The molecule has 11 nitrogen and oxygen atoms in total. The van der Waals surface area contributed by atoms with Crippen LogP contribution in [0.4, 0.5) is 10.7 Å².